The van der Waals surface area contributed by atoms with E-state index in [1.165, 1.54) is 11.3 Å². The second kappa shape index (κ2) is 7.36. The van der Waals surface area contributed by atoms with E-state index in [2.05, 4.69) is 51.2 Å². The van der Waals surface area contributed by atoms with Gasteiger partial charge in [-0.3, -0.25) is 0 Å². The summed E-state index contributed by atoms with van der Waals surface area (Å²) in [7, 11) is 2.07. The van der Waals surface area contributed by atoms with Gasteiger partial charge in [-0.2, -0.15) is 0 Å². The van der Waals surface area contributed by atoms with Crippen LogP contribution < -0.4 is 9.30 Å². The molecule has 3 rings (SSSR count). The number of aliphatic hydroxyl groups excluding tert-OH is 1. The largest absolute Gasteiger partial charge is 0.491 e. The number of aryl methyl sites for hydroxylation is 1. The molecule has 4 nitrogen and oxygen atoms in total. The maximum Gasteiger partial charge on any atom is 0.256 e. The molecule has 2 aromatic carbocycles. The first-order valence-electron chi connectivity index (χ1n) is 8.12. The minimum Gasteiger partial charge on any atom is -0.491 e. The van der Waals surface area contributed by atoms with E-state index in [-0.39, 0.29) is 6.61 Å². The molecule has 0 spiro atoms. The number of aromatic nitrogens is 2. The molecule has 1 N–H and O–H groups in total. The van der Waals surface area contributed by atoms with Crippen molar-refractivity contribution in [2.45, 2.75) is 26.0 Å². The van der Waals surface area contributed by atoms with E-state index in [0.717, 1.165) is 22.2 Å². The predicted octanol–water partition coefficient (Wildman–Crippen LogP) is 3.23. The van der Waals surface area contributed by atoms with Crippen LogP contribution in [-0.2, 0) is 20.0 Å². The molecule has 0 aliphatic carbocycles. The third-order valence-corrected chi connectivity index (χ3v) is 4.73. The predicted molar refractivity (Wildman–Crippen MR) is 98.1 cm³/mol. The zero-order chi connectivity index (χ0) is 17.1. The fourth-order valence-corrected chi connectivity index (χ4v) is 3.32. The third kappa shape index (κ3) is 3.47. The normalized spacial score (nSPS) is 12.5. The lowest BCUT2D eigenvalue weighted by Crippen LogP contribution is -2.34. The molecule has 24 heavy (non-hydrogen) atoms. The summed E-state index contributed by atoms with van der Waals surface area (Å²) in [6.45, 7) is 2.91. The SMILES string of the molecule is CCc1n(C[C@H](O)COc2ccc(Br)cc2)c2ccccc2[n+]1C. The smallest absolute Gasteiger partial charge is 0.256 e. The highest BCUT2D eigenvalue weighted by atomic mass is 79.9. The van der Waals surface area contributed by atoms with E-state index in [0.29, 0.717) is 6.54 Å². The van der Waals surface area contributed by atoms with Gasteiger partial charge in [-0.25, -0.2) is 9.13 Å². The molecule has 0 fully saturated rings. The van der Waals surface area contributed by atoms with Gasteiger partial charge in [0.2, 0.25) is 0 Å². The monoisotopic (exact) mass is 389 g/mol. The lowest BCUT2D eigenvalue weighted by molar-refractivity contribution is -0.653. The molecule has 0 saturated heterocycles. The van der Waals surface area contributed by atoms with Crippen molar-refractivity contribution in [3.63, 3.8) is 0 Å². The number of ether oxygens (including phenoxy) is 1. The van der Waals surface area contributed by atoms with Gasteiger partial charge in [-0.15, -0.1) is 0 Å². The Morgan fingerprint density at radius 3 is 2.58 bits per heavy atom. The maximum absolute atomic E-state index is 10.4. The second-order valence-corrected chi connectivity index (χ2v) is 6.76. The molecule has 126 valence electrons. The Kier molecular flexibility index (Phi) is 5.21. The summed E-state index contributed by atoms with van der Waals surface area (Å²) < 4.78 is 11.1. The van der Waals surface area contributed by atoms with Crippen LogP contribution in [0.25, 0.3) is 11.0 Å². The van der Waals surface area contributed by atoms with Crippen LogP contribution in [0, 0.1) is 0 Å². The van der Waals surface area contributed by atoms with Gasteiger partial charge in [0, 0.05) is 10.9 Å². The Balaban J connectivity index is 1.75. The van der Waals surface area contributed by atoms with Gasteiger partial charge in [-0.1, -0.05) is 35.0 Å². The lowest BCUT2D eigenvalue weighted by atomic mass is 10.3. The minimum absolute atomic E-state index is 0.265. The van der Waals surface area contributed by atoms with Crippen molar-refractivity contribution < 1.29 is 14.4 Å². The van der Waals surface area contributed by atoms with E-state index in [1.807, 2.05) is 36.4 Å². The first-order chi connectivity index (χ1) is 11.6. The number of hydrogen-bond donors (Lipinski definition) is 1. The number of nitrogens with zero attached hydrogens (tertiary/aromatic N) is 2. The number of halogens is 1. The van der Waals surface area contributed by atoms with Crippen LogP contribution >= 0.6 is 15.9 Å². The van der Waals surface area contributed by atoms with Gasteiger partial charge in [0.05, 0.1) is 7.05 Å². The molecule has 0 amide bonds. The fourth-order valence-electron chi connectivity index (χ4n) is 3.05. The minimum atomic E-state index is -0.574. The summed E-state index contributed by atoms with van der Waals surface area (Å²) in [6.07, 6.45) is 0.334. The Bertz CT molecular complexity index is 827. The number of para-hydroxylation sites is 2. The fraction of sp³-hybridized carbons (Fsp3) is 0.316. The Morgan fingerprint density at radius 1 is 1.17 bits per heavy atom. The van der Waals surface area contributed by atoms with Gasteiger partial charge < -0.3 is 9.84 Å². The Labute approximate surface area is 150 Å². The summed E-state index contributed by atoms with van der Waals surface area (Å²) in [6, 6.07) is 15.9. The third-order valence-electron chi connectivity index (χ3n) is 4.20. The van der Waals surface area contributed by atoms with Gasteiger partial charge >= 0.3 is 0 Å². The quantitative estimate of drug-likeness (QED) is 0.657. The summed E-state index contributed by atoms with van der Waals surface area (Å²) in [5.41, 5.74) is 2.31. The number of hydrogen-bond acceptors (Lipinski definition) is 2. The van der Waals surface area contributed by atoms with Crippen LogP contribution in [0.3, 0.4) is 0 Å². The first kappa shape index (κ1) is 17.0. The number of benzene rings is 2. The average Bonchev–Trinajstić information content (AvgIpc) is 2.86. The van der Waals surface area contributed by atoms with Gasteiger partial charge in [0.25, 0.3) is 5.82 Å². The van der Waals surface area contributed by atoms with E-state index in [1.54, 1.807) is 0 Å². The summed E-state index contributed by atoms with van der Waals surface area (Å²) in [5, 5.41) is 10.4. The molecule has 0 aliphatic rings. The second-order valence-electron chi connectivity index (χ2n) is 5.85. The molecule has 0 radical (unpaired) electrons. The first-order valence-corrected chi connectivity index (χ1v) is 8.92. The Morgan fingerprint density at radius 2 is 1.88 bits per heavy atom. The molecular formula is C19H22BrN2O2+. The Hall–Kier alpha value is -1.85. The summed E-state index contributed by atoms with van der Waals surface area (Å²) >= 11 is 3.40. The van der Waals surface area contributed by atoms with Crippen molar-refractivity contribution in [3.8, 4) is 5.75 Å². The molecule has 1 heterocycles. The zero-order valence-electron chi connectivity index (χ0n) is 13.9. The van der Waals surface area contributed by atoms with Crippen molar-refractivity contribution >= 4 is 27.0 Å². The summed E-state index contributed by atoms with van der Waals surface area (Å²) in [4.78, 5) is 0. The van der Waals surface area contributed by atoms with Gasteiger partial charge in [-0.05, 0) is 36.4 Å². The highest BCUT2D eigenvalue weighted by Crippen LogP contribution is 2.18. The number of fused-ring (bicyclic) bond motifs is 1. The molecule has 0 saturated carbocycles. The molecule has 5 heteroatoms. The van der Waals surface area contributed by atoms with Gasteiger partial charge in [0.1, 0.15) is 25.0 Å². The van der Waals surface area contributed by atoms with Crippen LogP contribution in [0.2, 0.25) is 0 Å². The lowest BCUT2D eigenvalue weighted by Gasteiger charge is -2.12. The molecule has 0 aliphatic heterocycles. The molecular weight excluding hydrogens is 368 g/mol. The molecule has 0 bridgehead atoms. The molecule has 1 atom stereocenters. The average molecular weight is 390 g/mol. The molecule has 0 unspecified atom stereocenters. The van der Waals surface area contributed by atoms with Crippen molar-refractivity contribution in [2.75, 3.05) is 6.61 Å². The van der Waals surface area contributed by atoms with Gasteiger partial charge in [0.15, 0.2) is 11.0 Å². The van der Waals surface area contributed by atoms with Crippen LogP contribution in [-0.4, -0.2) is 22.4 Å². The molecule has 1 aromatic heterocycles. The van der Waals surface area contributed by atoms with Crippen LogP contribution in [0.15, 0.2) is 53.0 Å². The van der Waals surface area contributed by atoms with E-state index >= 15 is 0 Å². The number of rotatable bonds is 6. The summed E-state index contributed by atoms with van der Waals surface area (Å²) in [5.74, 6) is 1.95. The van der Waals surface area contributed by atoms with E-state index in [9.17, 15) is 5.11 Å². The highest BCUT2D eigenvalue weighted by Gasteiger charge is 2.23. The number of imidazole rings is 1. The topological polar surface area (TPSA) is 38.3 Å². The standard InChI is InChI=1S/C19H22BrN2O2/c1-3-19-21(2)17-6-4-5-7-18(17)22(19)12-15(23)13-24-16-10-8-14(20)9-11-16/h4-11,15,23H,3,12-13H2,1-2H3/q+1/t15-/m0/s1. The van der Waals surface area contributed by atoms with Crippen LogP contribution in [0.1, 0.15) is 12.7 Å². The van der Waals surface area contributed by atoms with Crippen molar-refractivity contribution in [1.82, 2.24) is 4.57 Å². The van der Waals surface area contributed by atoms with Crippen molar-refractivity contribution in [1.29, 1.82) is 0 Å². The number of aliphatic hydroxyl groups is 1. The zero-order valence-corrected chi connectivity index (χ0v) is 15.5. The van der Waals surface area contributed by atoms with Crippen molar-refractivity contribution in [2.24, 2.45) is 7.05 Å². The van der Waals surface area contributed by atoms with E-state index in [4.69, 9.17) is 4.74 Å². The van der Waals surface area contributed by atoms with E-state index < -0.39 is 6.10 Å². The van der Waals surface area contributed by atoms with Crippen LogP contribution in [0.4, 0.5) is 0 Å². The highest BCUT2D eigenvalue weighted by molar-refractivity contribution is 9.10. The molecule has 3 aromatic rings. The maximum atomic E-state index is 10.4. The van der Waals surface area contributed by atoms with Crippen molar-refractivity contribution in [3.05, 3.63) is 58.8 Å². The van der Waals surface area contributed by atoms with Crippen LogP contribution in [0.5, 0.6) is 5.75 Å².